The zero-order valence-electron chi connectivity index (χ0n) is 25.4. The number of nitrogens with two attached hydrogens (primary N) is 1. The number of pyridine rings is 2. The molecule has 3 N–H and O–H groups in total. The van der Waals surface area contributed by atoms with Crippen LogP contribution in [0.5, 0.6) is 11.5 Å². The predicted octanol–water partition coefficient (Wildman–Crippen LogP) is 3.93. The van der Waals surface area contributed by atoms with Crippen LogP contribution in [0.15, 0.2) is 58.3 Å². The topological polar surface area (TPSA) is 165 Å². The molecule has 0 radical (unpaired) electrons. The SMILES string of the molecule is COc1ccc(CN(C)c2cc(Cl)nc3c2ncn3C(=O)N[C@H](C)COCc2cc(N)c(=O)n(-c3nc(C)co3)c2)c(OC)c1. The van der Waals surface area contributed by atoms with Crippen molar-refractivity contribution in [3.05, 3.63) is 81.4 Å². The Bertz CT molecular complexity index is 1900. The number of oxazole rings is 1. The van der Waals surface area contributed by atoms with E-state index in [2.05, 4.69) is 20.3 Å². The van der Waals surface area contributed by atoms with Crippen molar-refractivity contribution in [3.63, 3.8) is 0 Å². The average molecular weight is 637 g/mol. The van der Waals surface area contributed by atoms with Crippen LogP contribution in [-0.2, 0) is 17.9 Å². The van der Waals surface area contributed by atoms with Crippen LogP contribution < -0.4 is 31.0 Å². The van der Waals surface area contributed by atoms with Gasteiger partial charge in [-0.2, -0.15) is 4.98 Å². The highest BCUT2D eigenvalue weighted by atomic mass is 35.5. The average Bonchev–Trinajstić information content (AvgIpc) is 3.64. The lowest BCUT2D eigenvalue weighted by Crippen LogP contribution is -2.38. The van der Waals surface area contributed by atoms with Gasteiger partial charge in [-0.05, 0) is 37.6 Å². The first-order valence-corrected chi connectivity index (χ1v) is 14.2. The van der Waals surface area contributed by atoms with E-state index in [0.717, 1.165) is 5.56 Å². The number of ether oxygens (including phenoxy) is 3. The summed E-state index contributed by atoms with van der Waals surface area (Å²) in [5.74, 6) is 1.36. The minimum Gasteiger partial charge on any atom is -0.497 e. The third-order valence-corrected chi connectivity index (χ3v) is 7.10. The lowest BCUT2D eigenvalue weighted by Gasteiger charge is -2.21. The Hall–Kier alpha value is -5.08. The number of carbonyl (C=O) groups excluding carboxylic acids is 1. The van der Waals surface area contributed by atoms with E-state index >= 15 is 0 Å². The Kier molecular flexibility index (Phi) is 9.25. The first kappa shape index (κ1) is 31.3. The molecular formula is C30H33ClN8O6. The van der Waals surface area contributed by atoms with Gasteiger partial charge < -0.3 is 34.6 Å². The summed E-state index contributed by atoms with van der Waals surface area (Å²) in [7, 11) is 5.08. The van der Waals surface area contributed by atoms with Crippen molar-refractivity contribution in [2.45, 2.75) is 33.0 Å². The molecule has 45 heavy (non-hydrogen) atoms. The molecule has 0 spiro atoms. The van der Waals surface area contributed by atoms with Crippen LogP contribution in [0.25, 0.3) is 17.2 Å². The predicted molar refractivity (Wildman–Crippen MR) is 168 cm³/mol. The van der Waals surface area contributed by atoms with Crippen molar-refractivity contribution in [2.75, 3.05) is 38.5 Å². The van der Waals surface area contributed by atoms with E-state index in [1.54, 1.807) is 40.3 Å². The van der Waals surface area contributed by atoms with Gasteiger partial charge >= 0.3 is 12.0 Å². The summed E-state index contributed by atoms with van der Waals surface area (Å²) in [5, 5.41) is 3.09. The largest absolute Gasteiger partial charge is 0.497 e. The maximum atomic E-state index is 13.2. The highest BCUT2D eigenvalue weighted by Gasteiger charge is 2.20. The van der Waals surface area contributed by atoms with Crippen LogP contribution in [0.4, 0.5) is 16.2 Å². The van der Waals surface area contributed by atoms with E-state index in [0.29, 0.717) is 46.2 Å². The molecule has 4 heterocycles. The van der Waals surface area contributed by atoms with Crippen LogP contribution in [0, 0.1) is 6.92 Å². The minimum absolute atomic E-state index is 0.0274. The summed E-state index contributed by atoms with van der Waals surface area (Å²) in [4.78, 5) is 40.7. The Morgan fingerprint density at radius 1 is 1.20 bits per heavy atom. The number of aryl methyl sites for hydroxylation is 1. The number of benzene rings is 1. The van der Waals surface area contributed by atoms with Gasteiger partial charge in [-0.3, -0.25) is 4.79 Å². The van der Waals surface area contributed by atoms with E-state index in [4.69, 9.17) is 36.0 Å². The summed E-state index contributed by atoms with van der Waals surface area (Å²) in [6, 6.07) is 8.10. The molecule has 0 aliphatic rings. The summed E-state index contributed by atoms with van der Waals surface area (Å²) < 4.78 is 24.5. The van der Waals surface area contributed by atoms with Gasteiger partial charge in [0.1, 0.15) is 34.8 Å². The van der Waals surface area contributed by atoms with Crippen molar-refractivity contribution in [1.82, 2.24) is 29.4 Å². The summed E-state index contributed by atoms with van der Waals surface area (Å²) >= 11 is 6.40. The number of halogens is 1. The maximum Gasteiger partial charge on any atom is 0.328 e. The van der Waals surface area contributed by atoms with Crippen LogP contribution in [0.1, 0.15) is 23.7 Å². The smallest absolute Gasteiger partial charge is 0.328 e. The number of aromatic nitrogens is 5. The third-order valence-electron chi connectivity index (χ3n) is 6.91. The molecule has 1 amide bonds. The van der Waals surface area contributed by atoms with Gasteiger partial charge in [0.05, 0.1) is 50.5 Å². The molecule has 1 atom stereocenters. The number of hydrogen-bond donors (Lipinski definition) is 2. The second kappa shape index (κ2) is 13.3. The number of anilines is 2. The molecular weight excluding hydrogens is 604 g/mol. The summed E-state index contributed by atoms with van der Waals surface area (Å²) in [5.41, 5.74) is 9.16. The standard InChI is InChI=1S/C30H33ClN8O6/c1-17(13-44-15-19-8-22(32)28(40)38(11-19)30-35-18(2)14-45-30)34-29(41)39-16-33-26-23(10-25(31)36-27(26)39)37(3)12-20-6-7-21(42-4)9-24(20)43-5/h6-11,14,16-17H,12-13,15,32H2,1-5H3,(H,34,41)/t17-/m1/s1. The highest BCUT2D eigenvalue weighted by molar-refractivity contribution is 6.30. The normalized spacial score (nSPS) is 11.9. The highest BCUT2D eigenvalue weighted by Crippen LogP contribution is 2.31. The molecule has 0 bridgehead atoms. The van der Waals surface area contributed by atoms with Crippen LogP contribution in [0.3, 0.4) is 0 Å². The zero-order valence-corrected chi connectivity index (χ0v) is 26.2. The molecule has 14 nitrogen and oxygen atoms in total. The van der Waals surface area contributed by atoms with Crippen molar-refractivity contribution < 1.29 is 23.4 Å². The number of fused-ring (bicyclic) bond motifs is 1. The fourth-order valence-electron chi connectivity index (χ4n) is 4.72. The summed E-state index contributed by atoms with van der Waals surface area (Å²) in [6.07, 6.45) is 4.40. The Labute approximate surface area is 263 Å². The molecule has 15 heteroatoms. The number of amides is 1. The van der Waals surface area contributed by atoms with Crippen LogP contribution in [-0.4, -0.2) is 64.0 Å². The van der Waals surface area contributed by atoms with Gasteiger partial charge in [0.15, 0.2) is 5.65 Å². The van der Waals surface area contributed by atoms with Crippen molar-refractivity contribution in [1.29, 1.82) is 0 Å². The number of hydrogen-bond acceptors (Lipinski definition) is 11. The van der Waals surface area contributed by atoms with E-state index in [-0.39, 0.29) is 30.1 Å². The number of nitrogens with zero attached hydrogens (tertiary/aromatic N) is 6. The van der Waals surface area contributed by atoms with E-state index in [1.807, 2.05) is 30.1 Å². The Morgan fingerprint density at radius 2 is 2.00 bits per heavy atom. The molecule has 4 aromatic heterocycles. The quantitative estimate of drug-likeness (QED) is 0.202. The van der Waals surface area contributed by atoms with Gasteiger partial charge in [0.25, 0.3) is 5.56 Å². The van der Waals surface area contributed by atoms with Crippen molar-refractivity contribution >= 4 is 40.2 Å². The molecule has 1 aromatic carbocycles. The molecule has 0 fully saturated rings. The Morgan fingerprint density at radius 3 is 2.71 bits per heavy atom. The van der Waals surface area contributed by atoms with Gasteiger partial charge in [-0.15, -0.1) is 0 Å². The number of rotatable bonds is 11. The number of nitrogen functional groups attached to an aromatic ring is 1. The van der Waals surface area contributed by atoms with Crippen molar-refractivity contribution in [2.24, 2.45) is 0 Å². The van der Waals surface area contributed by atoms with Crippen LogP contribution >= 0.6 is 11.6 Å². The fourth-order valence-corrected chi connectivity index (χ4v) is 4.90. The molecule has 0 aliphatic carbocycles. The molecule has 236 valence electrons. The molecule has 5 aromatic rings. The monoisotopic (exact) mass is 636 g/mol. The molecule has 0 aliphatic heterocycles. The summed E-state index contributed by atoms with van der Waals surface area (Å²) in [6.45, 7) is 4.31. The van der Waals surface area contributed by atoms with Crippen molar-refractivity contribution in [3.8, 4) is 17.5 Å². The minimum atomic E-state index is -0.453. The number of carbonyl (C=O) groups is 1. The molecule has 0 saturated carbocycles. The zero-order chi connectivity index (χ0) is 32.2. The molecule has 5 rings (SSSR count). The van der Waals surface area contributed by atoms with Crippen LogP contribution in [0.2, 0.25) is 5.15 Å². The van der Waals surface area contributed by atoms with Gasteiger partial charge in [0.2, 0.25) is 0 Å². The lowest BCUT2D eigenvalue weighted by atomic mass is 10.1. The fraction of sp³-hybridized carbons (Fsp3) is 0.300. The van der Waals surface area contributed by atoms with E-state index in [1.165, 1.54) is 27.8 Å². The maximum absolute atomic E-state index is 13.2. The second-order valence-corrected chi connectivity index (χ2v) is 10.8. The first-order valence-electron chi connectivity index (χ1n) is 13.9. The Balaban J connectivity index is 1.25. The van der Waals surface area contributed by atoms with Gasteiger partial charge in [-0.1, -0.05) is 11.6 Å². The number of imidazole rings is 1. The number of methoxy groups -OCH3 is 2. The molecule has 0 saturated heterocycles. The lowest BCUT2D eigenvalue weighted by molar-refractivity contribution is 0.104. The number of nitrogens with one attached hydrogen (secondary N) is 1. The molecule has 0 unspecified atom stereocenters. The second-order valence-electron chi connectivity index (χ2n) is 10.4. The first-order chi connectivity index (χ1) is 21.6. The van der Waals surface area contributed by atoms with E-state index < -0.39 is 17.6 Å². The van der Waals surface area contributed by atoms with Gasteiger partial charge in [-0.25, -0.2) is 23.9 Å². The van der Waals surface area contributed by atoms with Gasteiger partial charge in [0, 0.05) is 37.5 Å². The van der Waals surface area contributed by atoms with E-state index in [9.17, 15) is 9.59 Å². The third kappa shape index (κ3) is 6.86.